The minimum absolute atomic E-state index is 0.00772. The lowest BCUT2D eigenvalue weighted by Gasteiger charge is -2.10. The van der Waals surface area contributed by atoms with Crippen LogP contribution in [-0.2, 0) is 17.9 Å². The molecule has 0 unspecified atom stereocenters. The van der Waals surface area contributed by atoms with Crippen molar-refractivity contribution in [1.29, 1.82) is 0 Å². The van der Waals surface area contributed by atoms with E-state index in [0.717, 1.165) is 15.9 Å². The van der Waals surface area contributed by atoms with Crippen molar-refractivity contribution >= 4 is 34.2 Å². The van der Waals surface area contributed by atoms with E-state index in [-0.39, 0.29) is 19.1 Å². The maximum absolute atomic E-state index is 12.2. The Morgan fingerprint density at radius 3 is 2.91 bits per heavy atom. The molecule has 6 nitrogen and oxygen atoms in total. The summed E-state index contributed by atoms with van der Waals surface area (Å²) in [7, 11) is 0. The number of thiophene rings is 1. The van der Waals surface area contributed by atoms with Crippen LogP contribution in [0.1, 0.15) is 4.88 Å². The SMILES string of the molecule is O=C(Cn1c(NCCO)nc2ccccc21)NCc1cccs1. The number of imidazole rings is 1. The molecule has 7 heteroatoms. The number of carbonyl (C=O) groups excluding carboxylic acids is 1. The lowest BCUT2D eigenvalue weighted by molar-refractivity contribution is -0.121. The van der Waals surface area contributed by atoms with E-state index in [4.69, 9.17) is 5.11 Å². The first-order valence-corrected chi connectivity index (χ1v) is 8.25. The van der Waals surface area contributed by atoms with Gasteiger partial charge >= 0.3 is 0 Å². The number of aliphatic hydroxyl groups is 1. The van der Waals surface area contributed by atoms with Crippen LogP contribution in [-0.4, -0.2) is 33.7 Å². The van der Waals surface area contributed by atoms with E-state index >= 15 is 0 Å². The number of nitrogens with zero attached hydrogens (tertiary/aromatic N) is 2. The van der Waals surface area contributed by atoms with Crippen molar-refractivity contribution in [2.45, 2.75) is 13.1 Å². The lowest BCUT2D eigenvalue weighted by atomic mass is 10.3. The molecule has 1 amide bonds. The van der Waals surface area contributed by atoms with Gasteiger partial charge in [-0.15, -0.1) is 11.3 Å². The zero-order valence-corrected chi connectivity index (χ0v) is 13.3. The number of amides is 1. The van der Waals surface area contributed by atoms with Gasteiger partial charge in [0.25, 0.3) is 0 Å². The number of rotatable bonds is 7. The van der Waals surface area contributed by atoms with Crippen molar-refractivity contribution in [2.75, 3.05) is 18.5 Å². The number of anilines is 1. The van der Waals surface area contributed by atoms with Crippen LogP contribution in [0.3, 0.4) is 0 Å². The van der Waals surface area contributed by atoms with Gasteiger partial charge in [0.05, 0.1) is 24.2 Å². The van der Waals surface area contributed by atoms with Crippen LogP contribution in [0.4, 0.5) is 5.95 Å². The molecule has 0 aliphatic carbocycles. The minimum atomic E-state index is -0.0754. The van der Waals surface area contributed by atoms with Gasteiger partial charge in [-0.2, -0.15) is 0 Å². The summed E-state index contributed by atoms with van der Waals surface area (Å²) >= 11 is 1.62. The monoisotopic (exact) mass is 330 g/mol. The molecule has 2 aromatic heterocycles. The molecule has 0 spiro atoms. The highest BCUT2D eigenvalue weighted by molar-refractivity contribution is 7.09. The number of carbonyl (C=O) groups is 1. The molecule has 3 aromatic rings. The van der Waals surface area contributed by atoms with Crippen LogP contribution in [0.2, 0.25) is 0 Å². The van der Waals surface area contributed by atoms with Gasteiger partial charge in [0.15, 0.2) is 0 Å². The summed E-state index contributed by atoms with van der Waals surface area (Å²) in [5.41, 5.74) is 1.71. The number of aliphatic hydroxyl groups excluding tert-OH is 1. The highest BCUT2D eigenvalue weighted by Gasteiger charge is 2.13. The van der Waals surface area contributed by atoms with Gasteiger partial charge in [0, 0.05) is 11.4 Å². The lowest BCUT2D eigenvalue weighted by Crippen LogP contribution is -2.27. The number of benzene rings is 1. The molecule has 0 radical (unpaired) electrons. The Labute approximate surface area is 137 Å². The molecule has 3 rings (SSSR count). The highest BCUT2D eigenvalue weighted by Crippen LogP contribution is 2.19. The van der Waals surface area contributed by atoms with Crippen molar-refractivity contribution in [2.24, 2.45) is 0 Å². The third-order valence-corrected chi connectivity index (χ3v) is 4.27. The van der Waals surface area contributed by atoms with Crippen molar-refractivity contribution in [1.82, 2.24) is 14.9 Å². The number of aromatic nitrogens is 2. The molecule has 0 saturated heterocycles. The van der Waals surface area contributed by atoms with Gasteiger partial charge in [-0.3, -0.25) is 4.79 Å². The highest BCUT2D eigenvalue weighted by atomic mass is 32.1. The van der Waals surface area contributed by atoms with E-state index in [1.807, 2.05) is 46.3 Å². The number of fused-ring (bicyclic) bond motifs is 1. The van der Waals surface area contributed by atoms with Crippen molar-refractivity contribution < 1.29 is 9.90 Å². The first kappa shape index (κ1) is 15.5. The second-order valence-corrected chi connectivity index (χ2v) is 6.05. The van der Waals surface area contributed by atoms with Crippen molar-refractivity contribution in [3.8, 4) is 0 Å². The Balaban J connectivity index is 1.75. The van der Waals surface area contributed by atoms with Gasteiger partial charge < -0.3 is 20.3 Å². The Morgan fingerprint density at radius 1 is 1.26 bits per heavy atom. The molecule has 2 heterocycles. The van der Waals surface area contributed by atoms with Crippen LogP contribution < -0.4 is 10.6 Å². The smallest absolute Gasteiger partial charge is 0.240 e. The second-order valence-electron chi connectivity index (χ2n) is 5.02. The third kappa shape index (κ3) is 3.69. The summed E-state index contributed by atoms with van der Waals surface area (Å²) < 4.78 is 1.83. The van der Waals surface area contributed by atoms with Gasteiger partial charge in [-0.1, -0.05) is 18.2 Å². The average molecular weight is 330 g/mol. The fourth-order valence-corrected chi connectivity index (χ4v) is 2.98. The summed E-state index contributed by atoms with van der Waals surface area (Å²) in [6, 6.07) is 11.6. The van der Waals surface area contributed by atoms with E-state index in [1.165, 1.54) is 0 Å². The molecule has 120 valence electrons. The molecule has 3 N–H and O–H groups in total. The molecule has 0 fully saturated rings. The van der Waals surface area contributed by atoms with E-state index in [9.17, 15) is 4.79 Å². The fourth-order valence-electron chi connectivity index (χ4n) is 2.34. The van der Waals surface area contributed by atoms with Crippen molar-refractivity contribution in [3.63, 3.8) is 0 Å². The predicted molar refractivity (Wildman–Crippen MR) is 91.5 cm³/mol. The second kappa shape index (κ2) is 7.26. The van der Waals surface area contributed by atoms with E-state index < -0.39 is 0 Å². The molecule has 0 aliphatic heterocycles. The molecule has 0 aliphatic rings. The maximum atomic E-state index is 12.2. The van der Waals surface area contributed by atoms with Gasteiger partial charge in [0.2, 0.25) is 11.9 Å². The molecule has 0 bridgehead atoms. The average Bonchev–Trinajstić information content (AvgIpc) is 3.19. The quantitative estimate of drug-likeness (QED) is 0.617. The number of hydrogen-bond donors (Lipinski definition) is 3. The van der Waals surface area contributed by atoms with Crippen LogP contribution in [0.25, 0.3) is 11.0 Å². The van der Waals surface area contributed by atoms with Gasteiger partial charge in [-0.05, 0) is 23.6 Å². The Hall–Kier alpha value is -2.38. The molecule has 0 atom stereocenters. The topological polar surface area (TPSA) is 79.2 Å². The molecule has 0 saturated carbocycles. The normalized spacial score (nSPS) is 10.8. The number of para-hydroxylation sites is 2. The molecular formula is C16H18N4O2S. The zero-order valence-electron chi connectivity index (χ0n) is 12.5. The summed E-state index contributed by atoms with van der Waals surface area (Å²) in [4.78, 5) is 17.8. The first-order valence-electron chi connectivity index (χ1n) is 7.37. The molecular weight excluding hydrogens is 312 g/mol. The maximum Gasteiger partial charge on any atom is 0.240 e. The number of hydrogen-bond acceptors (Lipinski definition) is 5. The largest absolute Gasteiger partial charge is 0.395 e. The standard InChI is InChI=1S/C16H18N4O2S/c21-8-7-17-16-19-13-5-1-2-6-14(13)20(16)11-15(22)18-10-12-4-3-9-23-12/h1-6,9,21H,7-8,10-11H2,(H,17,19)(H,18,22). The summed E-state index contributed by atoms with van der Waals surface area (Å²) in [6.45, 7) is 1.11. The fraction of sp³-hybridized carbons (Fsp3) is 0.250. The van der Waals surface area contributed by atoms with Crippen LogP contribution in [0.15, 0.2) is 41.8 Å². The summed E-state index contributed by atoms with van der Waals surface area (Å²) in [5, 5.41) is 16.9. The first-order chi connectivity index (χ1) is 11.3. The van der Waals surface area contributed by atoms with Crippen LogP contribution in [0.5, 0.6) is 0 Å². The Kier molecular flexibility index (Phi) is 4.89. The Bertz CT molecular complexity index is 783. The molecule has 23 heavy (non-hydrogen) atoms. The third-order valence-electron chi connectivity index (χ3n) is 3.39. The Morgan fingerprint density at radius 2 is 2.13 bits per heavy atom. The molecule has 1 aromatic carbocycles. The van der Waals surface area contributed by atoms with E-state index in [0.29, 0.717) is 19.0 Å². The van der Waals surface area contributed by atoms with E-state index in [2.05, 4.69) is 15.6 Å². The van der Waals surface area contributed by atoms with Crippen molar-refractivity contribution in [3.05, 3.63) is 46.7 Å². The number of nitrogens with one attached hydrogen (secondary N) is 2. The van der Waals surface area contributed by atoms with Crippen LogP contribution in [0, 0.1) is 0 Å². The van der Waals surface area contributed by atoms with Gasteiger partial charge in [0.1, 0.15) is 6.54 Å². The summed E-state index contributed by atoms with van der Waals surface area (Å²) in [5.74, 6) is 0.514. The van der Waals surface area contributed by atoms with Gasteiger partial charge in [-0.25, -0.2) is 4.98 Å². The summed E-state index contributed by atoms with van der Waals surface area (Å²) in [6.07, 6.45) is 0. The van der Waals surface area contributed by atoms with Crippen LogP contribution >= 0.6 is 11.3 Å². The minimum Gasteiger partial charge on any atom is -0.395 e. The zero-order chi connectivity index (χ0) is 16.1. The van der Waals surface area contributed by atoms with E-state index in [1.54, 1.807) is 11.3 Å². The predicted octanol–water partition coefficient (Wildman–Crippen LogP) is 1.82.